The number of nitriles is 1. The Hall–Kier alpha value is 1.84. The molecule has 0 saturated heterocycles. The fraction of sp³-hybridized carbons (Fsp3) is 0. The summed E-state index contributed by atoms with van der Waals surface area (Å²) >= 11 is 0. The molecule has 0 atom stereocenters. The first-order valence-electron chi connectivity index (χ1n) is 1.11. The zero-order chi connectivity index (χ0) is 5.91. The molecule has 9 heavy (non-hydrogen) atoms. The van der Waals surface area contributed by atoms with Gasteiger partial charge in [-0.1, -0.05) is 0 Å². The maximum absolute atomic E-state index is 9.34. The van der Waals surface area contributed by atoms with Crippen molar-refractivity contribution in [1.82, 2.24) is 0 Å². The van der Waals surface area contributed by atoms with Gasteiger partial charge in [-0.2, -0.15) is 8.42 Å². The van der Waals surface area contributed by atoms with Gasteiger partial charge < -0.3 is 0 Å². The van der Waals surface area contributed by atoms with Crippen LogP contribution in [0.1, 0.15) is 0 Å². The van der Waals surface area contributed by atoms with Crippen molar-refractivity contribution in [1.29, 1.82) is 5.26 Å². The summed E-state index contributed by atoms with van der Waals surface area (Å²) in [6.45, 7) is 0. The minimum absolute atomic E-state index is 0. The Labute approximate surface area is 117 Å². The molecule has 0 bridgehead atoms. The molecule has 0 radical (unpaired) electrons. The summed E-state index contributed by atoms with van der Waals surface area (Å²) in [6.07, 6.45) is 0.770. The van der Waals surface area contributed by atoms with Gasteiger partial charge in [0.15, 0.2) is 0 Å². The quantitative estimate of drug-likeness (QED) is 0.291. The van der Waals surface area contributed by atoms with Gasteiger partial charge in [-0.15, -0.1) is 5.26 Å². The van der Waals surface area contributed by atoms with Crippen molar-refractivity contribution in [2.45, 2.75) is 0 Å². The number of hydrogen-bond donors (Lipinski definition) is 1. The molecule has 0 rings (SSSR count). The molecule has 0 aliphatic rings. The molecule has 0 unspecified atom stereocenters. The van der Waals surface area contributed by atoms with E-state index in [-0.39, 0.29) is 80.9 Å². The molecule has 44 valence electrons. The molecule has 0 fully saturated rings. The van der Waals surface area contributed by atoms with E-state index in [9.17, 15) is 8.42 Å². The summed E-state index contributed by atoms with van der Waals surface area (Å²) in [5.41, 5.74) is 0. The maximum atomic E-state index is 9.34. The van der Waals surface area contributed by atoms with Crippen LogP contribution >= 0.6 is 0 Å². The molecule has 0 aliphatic carbocycles. The van der Waals surface area contributed by atoms with E-state index in [0.717, 1.165) is 6.26 Å². The third-order valence-electron chi connectivity index (χ3n) is 0.143. The van der Waals surface area contributed by atoms with Crippen LogP contribution in [-0.2, 0) is 14.6 Å². The van der Waals surface area contributed by atoms with Gasteiger partial charge in [0, 0.05) is 0 Å². The molecular formula is CH3KNNaO4S. The van der Waals surface area contributed by atoms with E-state index >= 15 is 0 Å². The molecule has 0 heterocycles. The van der Waals surface area contributed by atoms with Crippen molar-refractivity contribution in [3.05, 3.63) is 0 Å². The Morgan fingerprint density at radius 2 is 1.89 bits per heavy atom. The number of nitrogens with zero attached hydrogens (tertiary/aromatic N) is 1. The Morgan fingerprint density at radius 1 is 1.56 bits per heavy atom. The summed E-state index contributed by atoms with van der Waals surface area (Å²) in [7, 11) is -4.54. The second kappa shape index (κ2) is 7.94. The zero-order valence-corrected chi connectivity index (χ0v) is 3.84. The first kappa shape index (κ1) is 17.1. The van der Waals surface area contributed by atoms with Gasteiger partial charge in [0.2, 0.25) is 0 Å². The van der Waals surface area contributed by atoms with Crippen molar-refractivity contribution in [3.63, 3.8) is 0 Å². The third kappa shape index (κ3) is 17.7. The normalized spacial score (nSPS) is 7.56. The van der Waals surface area contributed by atoms with Crippen LogP contribution in [0.2, 0.25) is 0 Å². The van der Waals surface area contributed by atoms with Gasteiger partial charge in [-0.05, 0) is 0 Å². The summed E-state index contributed by atoms with van der Waals surface area (Å²) in [4.78, 5) is 0. The van der Waals surface area contributed by atoms with Crippen molar-refractivity contribution in [2.75, 3.05) is 0 Å². The molecular weight excluding hydrogens is 184 g/mol. The fourth-order valence-electron chi connectivity index (χ4n) is 0.0471. The second-order valence-electron chi connectivity index (χ2n) is 0.602. The predicted molar refractivity (Wildman–Crippen MR) is 32.5 cm³/mol. The van der Waals surface area contributed by atoms with Gasteiger partial charge >= 0.3 is 97.6 Å². The zero-order valence-electron chi connectivity index (χ0n) is 3.03. The van der Waals surface area contributed by atoms with E-state index in [0.29, 0.717) is 0 Å². The molecule has 0 amide bonds. The van der Waals surface area contributed by atoms with Gasteiger partial charge in [0.05, 0.1) is 0 Å². The number of rotatable bonds is 1. The van der Waals surface area contributed by atoms with Gasteiger partial charge in [0.25, 0.3) is 0 Å². The third-order valence-corrected chi connectivity index (χ3v) is 0.428. The van der Waals surface area contributed by atoms with E-state index < -0.39 is 10.4 Å². The van der Waals surface area contributed by atoms with Gasteiger partial charge in [-0.25, -0.2) is 0 Å². The second-order valence-corrected chi connectivity index (χ2v) is 1.62. The topological polar surface area (TPSA) is 87.4 Å². The van der Waals surface area contributed by atoms with Crippen molar-refractivity contribution in [2.24, 2.45) is 0 Å². The molecule has 1 N–H and O–H groups in total. The first-order valence-corrected chi connectivity index (χ1v) is 2.48. The summed E-state index contributed by atoms with van der Waals surface area (Å²) in [6, 6.07) is 0. The van der Waals surface area contributed by atoms with E-state index in [1.807, 2.05) is 0 Å². The van der Waals surface area contributed by atoms with Gasteiger partial charge in [-0.3, -0.25) is 8.74 Å². The van der Waals surface area contributed by atoms with Crippen LogP contribution < -0.4 is 0 Å². The Kier molecular flexibility index (Phi) is 15.1. The van der Waals surface area contributed by atoms with E-state index in [1.165, 1.54) is 0 Å². The Balaban J connectivity index is -0.000000180. The summed E-state index contributed by atoms with van der Waals surface area (Å²) in [5, 5.41) is 7.39. The molecule has 5 nitrogen and oxygen atoms in total. The Morgan fingerprint density at radius 3 is 1.89 bits per heavy atom. The summed E-state index contributed by atoms with van der Waals surface area (Å²) < 4.78 is 29.3. The molecule has 0 aliphatic heterocycles. The molecule has 0 aromatic heterocycles. The summed E-state index contributed by atoms with van der Waals surface area (Å²) in [5.74, 6) is 0. The van der Waals surface area contributed by atoms with Crippen LogP contribution in [0.25, 0.3) is 0 Å². The SMILES string of the molecule is N#COS(=O)(=O)O.[KH].[NaH]. The van der Waals surface area contributed by atoms with Crippen LogP contribution in [-0.4, -0.2) is 93.9 Å². The van der Waals surface area contributed by atoms with Crippen molar-refractivity contribution in [3.8, 4) is 6.26 Å². The van der Waals surface area contributed by atoms with Crippen molar-refractivity contribution >= 4 is 91.3 Å². The van der Waals surface area contributed by atoms with Gasteiger partial charge in [0.1, 0.15) is 0 Å². The average Bonchev–Trinajstić information content (AvgIpc) is 1.30. The van der Waals surface area contributed by atoms with Crippen LogP contribution in [0.4, 0.5) is 0 Å². The van der Waals surface area contributed by atoms with Crippen LogP contribution in [0, 0.1) is 11.5 Å². The first-order chi connectivity index (χ1) is 3.06. The monoisotopic (exact) mass is 187 g/mol. The van der Waals surface area contributed by atoms with E-state index in [4.69, 9.17) is 9.81 Å². The molecule has 8 heteroatoms. The van der Waals surface area contributed by atoms with Crippen LogP contribution in [0.3, 0.4) is 0 Å². The van der Waals surface area contributed by atoms with E-state index in [1.54, 1.807) is 0 Å². The van der Waals surface area contributed by atoms with Crippen molar-refractivity contribution < 1.29 is 17.2 Å². The van der Waals surface area contributed by atoms with Crippen LogP contribution in [0.15, 0.2) is 0 Å². The molecule has 0 aromatic rings. The molecule has 0 spiro atoms. The number of hydrogen-bond acceptors (Lipinski definition) is 4. The minimum atomic E-state index is -4.54. The Bertz CT molecular complexity index is 181. The standard InChI is InChI=1S/CHNO4S.K.Na.2H/c2-1-6-7(3,4)5;;;;/h(H,3,4,5);;;;. The molecule has 0 aromatic carbocycles. The predicted octanol–water partition coefficient (Wildman–Crippen LogP) is -2.01. The van der Waals surface area contributed by atoms with E-state index in [2.05, 4.69) is 4.18 Å². The van der Waals surface area contributed by atoms with Crippen LogP contribution in [0.5, 0.6) is 0 Å². The average molecular weight is 187 g/mol. The fourth-order valence-corrected chi connectivity index (χ4v) is 0.141. The molecule has 0 saturated carbocycles.